The van der Waals surface area contributed by atoms with Crippen LogP contribution in [-0.4, -0.2) is 61.8 Å². The van der Waals surface area contributed by atoms with Gasteiger partial charge < -0.3 is 14.8 Å². The number of ether oxygens (including phenoxy) is 2. The SMILES string of the molecule is CCOC(=O)CN1CCCCC[C@H](N[C@@H](CCc2ccccc2)C(=O)OCC)C1. The van der Waals surface area contributed by atoms with Gasteiger partial charge in [0, 0.05) is 12.6 Å². The second kappa shape index (κ2) is 13.3. The number of hydrogen-bond acceptors (Lipinski definition) is 6. The summed E-state index contributed by atoms with van der Waals surface area (Å²) in [5, 5.41) is 3.55. The van der Waals surface area contributed by atoms with Gasteiger partial charge in [-0.15, -0.1) is 0 Å². The van der Waals surface area contributed by atoms with Gasteiger partial charge in [0.05, 0.1) is 19.8 Å². The average molecular weight is 405 g/mol. The summed E-state index contributed by atoms with van der Waals surface area (Å²) in [6.45, 7) is 6.36. The molecule has 29 heavy (non-hydrogen) atoms. The van der Waals surface area contributed by atoms with Gasteiger partial charge >= 0.3 is 11.9 Å². The molecule has 0 unspecified atom stereocenters. The van der Waals surface area contributed by atoms with E-state index in [-0.39, 0.29) is 24.0 Å². The number of aryl methyl sites for hydroxylation is 1. The molecule has 1 aromatic rings. The molecule has 1 aliphatic heterocycles. The molecular weight excluding hydrogens is 368 g/mol. The lowest BCUT2D eigenvalue weighted by Crippen LogP contribution is -2.50. The summed E-state index contributed by atoms with van der Waals surface area (Å²) < 4.78 is 10.4. The molecule has 6 nitrogen and oxygen atoms in total. The topological polar surface area (TPSA) is 67.9 Å². The van der Waals surface area contributed by atoms with Gasteiger partial charge in [-0.1, -0.05) is 43.2 Å². The Morgan fingerprint density at radius 2 is 1.86 bits per heavy atom. The van der Waals surface area contributed by atoms with Crippen LogP contribution < -0.4 is 5.32 Å². The number of likely N-dealkylation sites (tertiary alicyclic amines) is 1. The zero-order valence-corrected chi connectivity index (χ0v) is 17.9. The van der Waals surface area contributed by atoms with Crippen LogP contribution in [0.3, 0.4) is 0 Å². The van der Waals surface area contributed by atoms with Crippen molar-refractivity contribution in [3.05, 3.63) is 35.9 Å². The van der Waals surface area contributed by atoms with Crippen LogP contribution in [-0.2, 0) is 25.5 Å². The zero-order valence-electron chi connectivity index (χ0n) is 17.9. The number of esters is 2. The third-order valence-corrected chi connectivity index (χ3v) is 5.24. The predicted octanol–water partition coefficient (Wildman–Crippen LogP) is 2.95. The lowest BCUT2D eigenvalue weighted by atomic mass is 10.0. The Bertz CT molecular complexity index is 608. The second-order valence-corrected chi connectivity index (χ2v) is 7.58. The first kappa shape index (κ1) is 23.4. The normalized spacial score (nSPS) is 19.0. The van der Waals surface area contributed by atoms with E-state index in [4.69, 9.17) is 9.47 Å². The molecule has 0 radical (unpaired) electrons. The predicted molar refractivity (Wildman–Crippen MR) is 114 cm³/mol. The fourth-order valence-electron chi connectivity index (χ4n) is 3.82. The van der Waals surface area contributed by atoms with E-state index in [2.05, 4.69) is 22.3 Å². The quantitative estimate of drug-likeness (QED) is 0.605. The third kappa shape index (κ3) is 8.96. The van der Waals surface area contributed by atoms with Crippen molar-refractivity contribution in [3.8, 4) is 0 Å². The van der Waals surface area contributed by atoms with E-state index in [0.29, 0.717) is 26.2 Å². The third-order valence-electron chi connectivity index (χ3n) is 5.24. The molecule has 1 aromatic carbocycles. The summed E-state index contributed by atoms with van der Waals surface area (Å²) in [6.07, 6.45) is 5.83. The van der Waals surface area contributed by atoms with Crippen LogP contribution in [0.2, 0.25) is 0 Å². The van der Waals surface area contributed by atoms with Crippen molar-refractivity contribution in [1.29, 1.82) is 0 Å². The lowest BCUT2D eigenvalue weighted by molar-refractivity contribution is -0.147. The summed E-state index contributed by atoms with van der Waals surface area (Å²) in [5.74, 6) is -0.375. The minimum atomic E-state index is -0.343. The summed E-state index contributed by atoms with van der Waals surface area (Å²) >= 11 is 0. The molecule has 0 aliphatic carbocycles. The molecule has 1 fully saturated rings. The molecule has 0 aromatic heterocycles. The molecule has 1 heterocycles. The van der Waals surface area contributed by atoms with Crippen LogP contribution in [0.4, 0.5) is 0 Å². The minimum Gasteiger partial charge on any atom is -0.465 e. The standard InChI is InChI=1S/C23H36N2O4/c1-3-28-22(26)18-25-16-10-6-9-13-20(17-25)24-21(23(27)29-4-2)15-14-19-11-7-5-8-12-19/h5,7-8,11-12,20-21,24H,3-4,6,9-10,13-18H2,1-2H3/t20-,21-/m0/s1. The molecule has 1 N–H and O–H groups in total. The zero-order chi connectivity index (χ0) is 20.9. The highest BCUT2D eigenvalue weighted by molar-refractivity contribution is 5.75. The maximum Gasteiger partial charge on any atom is 0.323 e. The van der Waals surface area contributed by atoms with Crippen LogP contribution in [0, 0.1) is 0 Å². The van der Waals surface area contributed by atoms with Gasteiger partial charge in [0.25, 0.3) is 0 Å². The van der Waals surface area contributed by atoms with Crippen molar-refractivity contribution in [2.24, 2.45) is 0 Å². The van der Waals surface area contributed by atoms with Gasteiger partial charge in [-0.05, 0) is 51.6 Å². The molecule has 0 saturated carbocycles. The smallest absolute Gasteiger partial charge is 0.323 e. The largest absolute Gasteiger partial charge is 0.465 e. The van der Waals surface area contributed by atoms with Crippen molar-refractivity contribution < 1.29 is 19.1 Å². The van der Waals surface area contributed by atoms with E-state index >= 15 is 0 Å². The van der Waals surface area contributed by atoms with Crippen molar-refractivity contribution in [1.82, 2.24) is 10.2 Å². The van der Waals surface area contributed by atoms with Crippen LogP contribution in [0.1, 0.15) is 51.5 Å². The highest BCUT2D eigenvalue weighted by atomic mass is 16.5. The number of carbonyl (C=O) groups is 2. The van der Waals surface area contributed by atoms with Gasteiger partial charge in [0.2, 0.25) is 0 Å². The summed E-state index contributed by atoms with van der Waals surface area (Å²) in [6, 6.07) is 10.0. The van der Waals surface area contributed by atoms with Gasteiger partial charge in [-0.3, -0.25) is 14.5 Å². The van der Waals surface area contributed by atoms with E-state index in [1.54, 1.807) is 0 Å². The fourth-order valence-corrected chi connectivity index (χ4v) is 3.82. The number of rotatable bonds is 10. The van der Waals surface area contributed by atoms with Gasteiger partial charge in [0.15, 0.2) is 0 Å². The highest BCUT2D eigenvalue weighted by Crippen LogP contribution is 2.14. The van der Waals surface area contributed by atoms with E-state index in [9.17, 15) is 9.59 Å². The van der Waals surface area contributed by atoms with E-state index in [0.717, 1.165) is 45.2 Å². The van der Waals surface area contributed by atoms with Crippen LogP contribution in [0.15, 0.2) is 30.3 Å². The molecule has 2 rings (SSSR count). The molecule has 0 amide bonds. The number of benzene rings is 1. The Hall–Kier alpha value is -1.92. The molecular formula is C23H36N2O4. The maximum absolute atomic E-state index is 12.6. The molecule has 2 atom stereocenters. The Balaban J connectivity index is 1.98. The molecule has 0 spiro atoms. The van der Waals surface area contributed by atoms with Crippen LogP contribution >= 0.6 is 0 Å². The number of carbonyl (C=O) groups excluding carboxylic acids is 2. The fraction of sp³-hybridized carbons (Fsp3) is 0.652. The van der Waals surface area contributed by atoms with Gasteiger partial charge in [-0.2, -0.15) is 0 Å². The average Bonchev–Trinajstić information content (AvgIpc) is 2.69. The molecule has 1 saturated heterocycles. The Morgan fingerprint density at radius 3 is 2.59 bits per heavy atom. The van der Waals surface area contributed by atoms with Crippen molar-refractivity contribution >= 4 is 11.9 Å². The van der Waals surface area contributed by atoms with E-state index < -0.39 is 0 Å². The summed E-state index contributed by atoms with van der Waals surface area (Å²) in [4.78, 5) is 26.6. The van der Waals surface area contributed by atoms with Crippen molar-refractivity contribution in [3.63, 3.8) is 0 Å². The maximum atomic E-state index is 12.6. The van der Waals surface area contributed by atoms with E-state index in [1.165, 1.54) is 5.56 Å². The van der Waals surface area contributed by atoms with Crippen LogP contribution in [0.25, 0.3) is 0 Å². The molecule has 162 valence electrons. The summed E-state index contributed by atoms with van der Waals surface area (Å²) in [7, 11) is 0. The minimum absolute atomic E-state index is 0.148. The second-order valence-electron chi connectivity index (χ2n) is 7.58. The highest BCUT2D eigenvalue weighted by Gasteiger charge is 2.26. The Morgan fingerprint density at radius 1 is 1.10 bits per heavy atom. The van der Waals surface area contributed by atoms with Crippen LogP contribution in [0.5, 0.6) is 0 Å². The molecule has 0 bridgehead atoms. The van der Waals surface area contributed by atoms with Gasteiger partial charge in [-0.25, -0.2) is 0 Å². The molecule has 6 heteroatoms. The first-order valence-corrected chi connectivity index (χ1v) is 11.0. The summed E-state index contributed by atoms with van der Waals surface area (Å²) in [5.41, 5.74) is 1.21. The number of nitrogens with zero attached hydrogens (tertiary/aromatic N) is 1. The number of nitrogens with one attached hydrogen (secondary N) is 1. The monoisotopic (exact) mass is 404 g/mol. The number of hydrogen-bond donors (Lipinski definition) is 1. The van der Waals surface area contributed by atoms with Gasteiger partial charge in [0.1, 0.15) is 6.04 Å². The van der Waals surface area contributed by atoms with Crippen molar-refractivity contribution in [2.45, 2.75) is 64.5 Å². The van der Waals surface area contributed by atoms with E-state index in [1.807, 2.05) is 32.0 Å². The van der Waals surface area contributed by atoms with Crippen molar-refractivity contribution in [2.75, 3.05) is 32.8 Å². The lowest BCUT2D eigenvalue weighted by Gasteiger charge is -2.32. The molecule has 1 aliphatic rings. The first-order valence-electron chi connectivity index (χ1n) is 11.0. The Labute approximate surface area is 174 Å². The first-order chi connectivity index (χ1) is 14.1. The Kier molecular flexibility index (Phi) is 10.7.